The number of rotatable bonds is 5. The maximum Gasteiger partial charge on any atom is 0.358 e. The van der Waals surface area contributed by atoms with E-state index in [9.17, 15) is 14.4 Å². The summed E-state index contributed by atoms with van der Waals surface area (Å²) in [5, 5.41) is 8.71. The van der Waals surface area contributed by atoms with Crippen LogP contribution in [0, 0.1) is 0 Å². The quantitative estimate of drug-likeness (QED) is 0.804. The van der Waals surface area contributed by atoms with Crippen LogP contribution in [-0.2, 0) is 9.53 Å². The van der Waals surface area contributed by atoms with E-state index in [0.717, 1.165) is 4.88 Å². The summed E-state index contributed by atoms with van der Waals surface area (Å²) >= 11 is 2.84. The molecule has 1 atom stereocenters. The molecule has 2 aromatic heterocycles. The number of thiophene rings is 1. The van der Waals surface area contributed by atoms with Gasteiger partial charge in [-0.15, -0.1) is 22.7 Å². The number of amides is 3. The van der Waals surface area contributed by atoms with Crippen molar-refractivity contribution in [3.8, 4) is 9.88 Å². The summed E-state index contributed by atoms with van der Waals surface area (Å²) in [4.78, 5) is 40.1. The summed E-state index contributed by atoms with van der Waals surface area (Å²) in [6.07, 6.45) is -1.10. The number of nitrogens with one attached hydrogen (secondary N) is 2. The van der Waals surface area contributed by atoms with Gasteiger partial charge in [0.2, 0.25) is 0 Å². The zero-order valence-electron chi connectivity index (χ0n) is 12.5. The fourth-order valence-corrected chi connectivity index (χ4v) is 3.18. The molecule has 0 aromatic carbocycles. The fraction of sp³-hybridized carbons (Fsp3) is 0.286. The molecule has 3 amide bonds. The lowest BCUT2D eigenvalue weighted by Gasteiger charge is -2.12. The maximum atomic E-state index is 12.0. The number of nitrogens with zero attached hydrogens (tertiary/aromatic N) is 1. The van der Waals surface area contributed by atoms with Crippen LogP contribution >= 0.6 is 22.7 Å². The van der Waals surface area contributed by atoms with Gasteiger partial charge < -0.3 is 10.1 Å². The number of imide groups is 1. The van der Waals surface area contributed by atoms with Crippen molar-refractivity contribution in [1.29, 1.82) is 0 Å². The first-order valence-electron chi connectivity index (χ1n) is 6.80. The minimum absolute atomic E-state index is 0.135. The summed E-state index contributed by atoms with van der Waals surface area (Å²) < 4.78 is 5.02. The molecular weight excluding hydrogens is 338 g/mol. The Kier molecular flexibility index (Phi) is 5.83. The average molecular weight is 353 g/mol. The number of aromatic nitrogens is 1. The van der Waals surface area contributed by atoms with Crippen LogP contribution < -0.4 is 10.6 Å². The van der Waals surface area contributed by atoms with Crippen LogP contribution in [0.15, 0.2) is 22.9 Å². The highest BCUT2D eigenvalue weighted by atomic mass is 32.1. The first-order valence-corrected chi connectivity index (χ1v) is 8.56. The summed E-state index contributed by atoms with van der Waals surface area (Å²) in [6, 6.07) is 3.17. The predicted octanol–water partition coefficient (Wildman–Crippen LogP) is 2.26. The Hall–Kier alpha value is -2.26. The molecule has 2 heterocycles. The van der Waals surface area contributed by atoms with Gasteiger partial charge >= 0.3 is 12.0 Å². The molecule has 0 saturated carbocycles. The van der Waals surface area contributed by atoms with Crippen LogP contribution in [0.1, 0.15) is 24.3 Å². The van der Waals surface area contributed by atoms with Crippen molar-refractivity contribution in [2.24, 2.45) is 0 Å². The van der Waals surface area contributed by atoms with Crippen molar-refractivity contribution >= 4 is 40.6 Å². The summed E-state index contributed by atoms with van der Waals surface area (Å²) in [5.74, 6) is -1.40. The lowest BCUT2D eigenvalue weighted by Crippen LogP contribution is -2.44. The van der Waals surface area contributed by atoms with E-state index in [1.54, 1.807) is 12.3 Å². The average Bonchev–Trinajstić information content (AvgIpc) is 3.18. The zero-order valence-corrected chi connectivity index (χ0v) is 14.1. The standard InChI is InChI=1S/C14H15N3O4S2/c1-3-15-14(20)17-11(18)8(2)21-13(19)9-7-23-12(16-9)10-5-4-6-22-10/h4-8H,3H2,1-2H3,(H2,15,17,18,20). The molecule has 0 bridgehead atoms. The van der Waals surface area contributed by atoms with E-state index in [1.165, 1.54) is 29.6 Å². The summed E-state index contributed by atoms with van der Waals surface area (Å²) in [7, 11) is 0. The first-order chi connectivity index (χ1) is 11.0. The minimum Gasteiger partial charge on any atom is -0.448 e. The Bertz CT molecular complexity index is 697. The number of carbonyl (C=O) groups is 3. The van der Waals surface area contributed by atoms with Crippen molar-refractivity contribution in [2.45, 2.75) is 20.0 Å². The smallest absolute Gasteiger partial charge is 0.358 e. The molecule has 0 fully saturated rings. The second kappa shape index (κ2) is 7.84. The largest absolute Gasteiger partial charge is 0.448 e. The van der Waals surface area contributed by atoms with E-state index >= 15 is 0 Å². The number of hydrogen-bond acceptors (Lipinski definition) is 7. The van der Waals surface area contributed by atoms with E-state index in [2.05, 4.69) is 15.6 Å². The van der Waals surface area contributed by atoms with Crippen molar-refractivity contribution in [2.75, 3.05) is 6.54 Å². The molecule has 0 aliphatic carbocycles. The molecule has 0 aliphatic heterocycles. The van der Waals surface area contributed by atoms with E-state index in [0.29, 0.717) is 11.6 Å². The molecular formula is C14H15N3O4S2. The molecule has 1 unspecified atom stereocenters. The molecule has 0 radical (unpaired) electrons. The van der Waals surface area contributed by atoms with Crippen LogP contribution in [-0.4, -0.2) is 35.5 Å². The van der Waals surface area contributed by atoms with Gasteiger partial charge in [-0.1, -0.05) is 6.07 Å². The number of carbonyl (C=O) groups excluding carboxylic acids is 3. The van der Waals surface area contributed by atoms with Gasteiger partial charge in [-0.05, 0) is 25.3 Å². The number of urea groups is 1. The topological polar surface area (TPSA) is 97.4 Å². The number of esters is 1. The molecule has 0 spiro atoms. The Morgan fingerprint density at radius 1 is 1.35 bits per heavy atom. The van der Waals surface area contributed by atoms with Gasteiger partial charge in [0.25, 0.3) is 5.91 Å². The van der Waals surface area contributed by atoms with Crippen molar-refractivity contribution in [3.05, 3.63) is 28.6 Å². The van der Waals surface area contributed by atoms with Gasteiger partial charge in [0.15, 0.2) is 11.8 Å². The van der Waals surface area contributed by atoms with Crippen LogP contribution in [0.5, 0.6) is 0 Å². The Morgan fingerprint density at radius 2 is 2.13 bits per heavy atom. The molecule has 0 saturated heterocycles. The monoisotopic (exact) mass is 353 g/mol. The lowest BCUT2D eigenvalue weighted by molar-refractivity contribution is -0.127. The van der Waals surface area contributed by atoms with Crippen molar-refractivity contribution in [3.63, 3.8) is 0 Å². The minimum atomic E-state index is -1.10. The highest BCUT2D eigenvalue weighted by Crippen LogP contribution is 2.28. The molecule has 9 heteroatoms. The Morgan fingerprint density at radius 3 is 2.78 bits per heavy atom. The van der Waals surface area contributed by atoms with E-state index < -0.39 is 24.0 Å². The number of thiazole rings is 1. The van der Waals surface area contributed by atoms with Crippen molar-refractivity contribution < 1.29 is 19.1 Å². The van der Waals surface area contributed by atoms with E-state index in [-0.39, 0.29) is 5.69 Å². The van der Waals surface area contributed by atoms with E-state index in [4.69, 9.17) is 4.74 Å². The maximum absolute atomic E-state index is 12.0. The Labute approximate surface area is 140 Å². The third-order valence-electron chi connectivity index (χ3n) is 2.67. The van der Waals surface area contributed by atoms with E-state index in [1.807, 2.05) is 17.5 Å². The van der Waals surface area contributed by atoms with Gasteiger partial charge in [-0.3, -0.25) is 10.1 Å². The molecule has 7 nitrogen and oxygen atoms in total. The van der Waals surface area contributed by atoms with Crippen LogP contribution in [0.2, 0.25) is 0 Å². The molecule has 2 aromatic rings. The zero-order chi connectivity index (χ0) is 16.8. The highest BCUT2D eigenvalue weighted by Gasteiger charge is 2.22. The predicted molar refractivity (Wildman–Crippen MR) is 87.5 cm³/mol. The molecule has 2 rings (SSSR count). The first kappa shape index (κ1) is 17.1. The number of ether oxygens (including phenoxy) is 1. The van der Waals surface area contributed by atoms with Crippen molar-refractivity contribution in [1.82, 2.24) is 15.6 Å². The molecule has 0 aliphatic rings. The third-order valence-corrected chi connectivity index (χ3v) is 4.55. The fourth-order valence-electron chi connectivity index (χ4n) is 1.57. The number of hydrogen-bond donors (Lipinski definition) is 2. The van der Waals surface area contributed by atoms with Gasteiger partial charge in [-0.2, -0.15) is 0 Å². The van der Waals surface area contributed by atoms with Crippen LogP contribution in [0.3, 0.4) is 0 Å². The molecule has 122 valence electrons. The van der Waals surface area contributed by atoms with Gasteiger partial charge in [0.1, 0.15) is 5.01 Å². The van der Waals surface area contributed by atoms with Gasteiger partial charge in [0, 0.05) is 11.9 Å². The van der Waals surface area contributed by atoms with Crippen LogP contribution in [0.4, 0.5) is 4.79 Å². The molecule has 2 N–H and O–H groups in total. The van der Waals surface area contributed by atoms with Crippen LogP contribution in [0.25, 0.3) is 9.88 Å². The molecule has 23 heavy (non-hydrogen) atoms. The summed E-state index contributed by atoms with van der Waals surface area (Å²) in [5.41, 5.74) is 0.135. The third kappa shape index (κ3) is 4.60. The SMILES string of the molecule is CCNC(=O)NC(=O)C(C)OC(=O)c1csc(-c2cccs2)n1. The van der Waals surface area contributed by atoms with Gasteiger partial charge in [0.05, 0.1) is 4.88 Å². The lowest BCUT2D eigenvalue weighted by atomic mass is 10.3. The second-order valence-electron chi connectivity index (χ2n) is 4.41. The summed E-state index contributed by atoms with van der Waals surface area (Å²) in [6.45, 7) is 3.50. The highest BCUT2D eigenvalue weighted by molar-refractivity contribution is 7.20. The normalized spacial score (nSPS) is 11.6. The van der Waals surface area contributed by atoms with Gasteiger partial charge in [-0.25, -0.2) is 14.6 Å². The Balaban J connectivity index is 1.93. The second-order valence-corrected chi connectivity index (χ2v) is 6.22.